The molecule has 0 saturated heterocycles. The van der Waals surface area contributed by atoms with E-state index in [-0.39, 0.29) is 46.3 Å². The molecule has 0 aliphatic carbocycles. The summed E-state index contributed by atoms with van der Waals surface area (Å²) >= 11 is 0. The number of hydrogen-bond donors (Lipinski definition) is 0. The van der Waals surface area contributed by atoms with E-state index in [0.29, 0.717) is 0 Å². The molecule has 0 aliphatic heterocycles. The molecule has 37 valence electrons. The molecule has 0 unspecified atom stereocenters. The molecule has 0 fully saturated rings. The Kier molecular flexibility index (Phi) is 8160. The molecule has 0 atom stereocenters. The van der Waals surface area contributed by atoms with Crippen LogP contribution in [0.1, 0.15) is 0 Å². The Bertz CT molecular complexity index is 3.61. The van der Waals surface area contributed by atoms with Crippen molar-refractivity contribution in [1.29, 1.82) is 0 Å². The minimum atomic E-state index is 0. The first-order valence-electron chi connectivity index (χ1n) is 0. The molecule has 0 aromatic carbocycles. The summed E-state index contributed by atoms with van der Waals surface area (Å²) in [6, 6.07) is 0. The summed E-state index contributed by atoms with van der Waals surface area (Å²) in [5.41, 5.74) is 0. The fourth-order valence-electron chi connectivity index (χ4n) is 0. The Hall–Kier alpha value is 0.658. The molecule has 0 spiro atoms. The molecule has 4 nitrogen and oxygen atoms in total. The smallest absolute Gasteiger partial charge is 0 e. The Labute approximate surface area is 46.9 Å². The molecule has 0 aromatic rings. The van der Waals surface area contributed by atoms with Gasteiger partial charge in [0.1, 0.15) is 0 Å². The van der Waals surface area contributed by atoms with Gasteiger partial charge >= 0.3 is 0 Å². The summed E-state index contributed by atoms with van der Waals surface area (Å²) < 4.78 is 0. The van der Waals surface area contributed by atoms with E-state index in [1.54, 1.807) is 0 Å². The number of rotatable bonds is 0. The Morgan fingerprint density at radius 1 is 0.400 bits per heavy atom. The minimum absolute atomic E-state index is 0. The third-order valence-electron chi connectivity index (χ3n) is 0. The fourth-order valence-corrected chi connectivity index (χ4v) is 0. The first-order valence-corrected chi connectivity index (χ1v) is 0. The second-order valence-electron chi connectivity index (χ2n) is 0. The SMILES string of the molecule is [OH-].[OH-].[OH-].[OH-].[Sb]. The first-order chi connectivity index (χ1) is 0. The van der Waals surface area contributed by atoms with Crippen molar-refractivity contribution in [3.8, 4) is 0 Å². The van der Waals surface area contributed by atoms with E-state index in [2.05, 4.69) is 0 Å². The first kappa shape index (κ1) is 283. The van der Waals surface area contributed by atoms with E-state index >= 15 is 0 Å². The van der Waals surface area contributed by atoms with Crippen molar-refractivity contribution in [2.45, 2.75) is 0 Å². The van der Waals surface area contributed by atoms with Gasteiger partial charge in [0.15, 0.2) is 0 Å². The van der Waals surface area contributed by atoms with E-state index in [1.165, 1.54) is 0 Å². The molecule has 0 bridgehead atoms. The Morgan fingerprint density at radius 3 is 0.400 bits per heavy atom. The van der Waals surface area contributed by atoms with Gasteiger partial charge in [0.2, 0.25) is 0 Å². The zero-order valence-electron chi connectivity index (χ0n) is 2.24. The zero-order valence-corrected chi connectivity index (χ0v) is 4.79. The molecule has 3 radical (unpaired) electrons. The summed E-state index contributed by atoms with van der Waals surface area (Å²) in [5.74, 6) is 0. The van der Waals surface area contributed by atoms with Crippen LogP contribution >= 0.6 is 0 Å². The third kappa shape index (κ3) is 76.0. The van der Waals surface area contributed by atoms with E-state index in [9.17, 15) is 0 Å². The Morgan fingerprint density at radius 2 is 0.400 bits per heavy atom. The normalized spacial score (nSPS) is 0. The predicted molar refractivity (Wildman–Crippen MR) is 13.5 cm³/mol. The predicted octanol–water partition coefficient (Wildman–Crippen LogP) is -1.09. The van der Waals surface area contributed by atoms with Gasteiger partial charge in [0.05, 0.1) is 0 Å². The van der Waals surface area contributed by atoms with Crippen LogP contribution in [-0.4, -0.2) is 46.3 Å². The van der Waals surface area contributed by atoms with E-state index in [0.717, 1.165) is 0 Å². The maximum atomic E-state index is 0. The van der Waals surface area contributed by atoms with Crippen molar-refractivity contribution in [3.63, 3.8) is 0 Å². The quantitative estimate of drug-likeness (QED) is 0.450. The van der Waals surface area contributed by atoms with Crippen LogP contribution in [0.4, 0.5) is 0 Å². The molecule has 0 aromatic heterocycles. The monoisotopic (exact) mass is 189 g/mol. The topological polar surface area (TPSA) is 120 Å². The fraction of sp³-hybridized carbons (Fsp3) is 0. The maximum Gasteiger partial charge on any atom is 0 e. The van der Waals surface area contributed by atoms with Gasteiger partial charge in [-0.05, 0) is 0 Å². The van der Waals surface area contributed by atoms with Crippen molar-refractivity contribution in [3.05, 3.63) is 0 Å². The number of hydrogen-bond acceptors (Lipinski definition) is 4. The maximum absolute atomic E-state index is 0. The van der Waals surface area contributed by atoms with Crippen molar-refractivity contribution >= 4 is 24.4 Å². The summed E-state index contributed by atoms with van der Waals surface area (Å²) in [7, 11) is 0. The van der Waals surface area contributed by atoms with Gasteiger partial charge in [-0.25, -0.2) is 0 Å². The molecule has 5 heavy (non-hydrogen) atoms. The standard InChI is InChI=1S/4H2O.Sb/h4*1H2;/p-4. The van der Waals surface area contributed by atoms with Gasteiger partial charge in [-0.2, -0.15) is 0 Å². The summed E-state index contributed by atoms with van der Waals surface area (Å²) in [6.07, 6.45) is 0. The molecule has 0 saturated carbocycles. The average Bonchev–Trinajstić information content (AvgIpc) is 0. The minimum Gasteiger partial charge on any atom is -0.870 e. The van der Waals surface area contributed by atoms with Crippen molar-refractivity contribution < 1.29 is 21.9 Å². The summed E-state index contributed by atoms with van der Waals surface area (Å²) in [4.78, 5) is 0. The van der Waals surface area contributed by atoms with Crippen LogP contribution in [0.2, 0.25) is 0 Å². The molecule has 0 heterocycles. The Balaban J connectivity index is 0. The van der Waals surface area contributed by atoms with Crippen LogP contribution in [-0.2, 0) is 0 Å². The van der Waals surface area contributed by atoms with Gasteiger partial charge in [0.25, 0.3) is 0 Å². The van der Waals surface area contributed by atoms with Gasteiger partial charge in [-0.1, -0.05) is 0 Å². The molecule has 0 rings (SSSR count). The van der Waals surface area contributed by atoms with E-state index in [1.807, 2.05) is 0 Å². The molecule has 0 amide bonds. The van der Waals surface area contributed by atoms with Crippen LogP contribution in [0, 0.1) is 0 Å². The second-order valence-corrected chi connectivity index (χ2v) is 0. The van der Waals surface area contributed by atoms with Gasteiger partial charge in [-0.15, -0.1) is 0 Å². The van der Waals surface area contributed by atoms with Crippen LogP contribution < -0.4 is 0 Å². The molecular formula is H4O4Sb-4. The zero-order chi connectivity index (χ0) is 0. The third-order valence-corrected chi connectivity index (χ3v) is 0. The van der Waals surface area contributed by atoms with Crippen LogP contribution in [0.15, 0.2) is 0 Å². The summed E-state index contributed by atoms with van der Waals surface area (Å²) in [6.45, 7) is 0. The largest absolute Gasteiger partial charge is 0.870 e. The molecule has 4 N–H and O–H groups in total. The van der Waals surface area contributed by atoms with Crippen molar-refractivity contribution in [2.75, 3.05) is 0 Å². The van der Waals surface area contributed by atoms with Crippen LogP contribution in [0.25, 0.3) is 0 Å². The van der Waals surface area contributed by atoms with E-state index in [4.69, 9.17) is 0 Å². The average molecular weight is 190 g/mol. The van der Waals surface area contributed by atoms with Gasteiger partial charge < -0.3 is 21.9 Å². The van der Waals surface area contributed by atoms with Crippen molar-refractivity contribution in [2.24, 2.45) is 0 Å². The van der Waals surface area contributed by atoms with E-state index < -0.39 is 0 Å². The van der Waals surface area contributed by atoms with Crippen LogP contribution in [0.5, 0.6) is 0 Å². The van der Waals surface area contributed by atoms with Crippen LogP contribution in [0.3, 0.4) is 0 Å². The molecule has 5 heteroatoms. The molecule has 0 aliphatic rings. The van der Waals surface area contributed by atoms with Gasteiger partial charge in [-0.3, -0.25) is 0 Å². The second kappa shape index (κ2) is 144. The van der Waals surface area contributed by atoms with Crippen molar-refractivity contribution in [1.82, 2.24) is 0 Å². The molecular weight excluding hydrogens is 186 g/mol. The summed E-state index contributed by atoms with van der Waals surface area (Å²) in [5, 5.41) is 0. The van der Waals surface area contributed by atoms with Gasteiger partial charge in [0, 0.05) is 24.4 Å².